The first-order chi connectivity index (χ1) is 14.1. The van der Waals surface area contributed by atoms with Crippen LogP contribution in [0.4, 0.5) is 11.5 Å². The largest absolute Gasteiger partial charge is 0.493 e. The van der Waals surface area contributed by atoms with Crippen LogP contribution in [-0.2, 0) is 0 Å². The van der Waals surface area contributed by atoms with Crippen LogP contribution in [0.15, 0.2) is 60.9 Å². The quantitative estimate of drug-likeness (QED) is 0.487. The van der Waals surface area contributed by atoms with Crippen molar-refractivity contribution in [1.29, 1.82) is 0 Å². The number of aromatic nitrogens is 3. The molecular weight excluding hydrogens is 364 g/mol. The third-order valence-electron chi connectivity index (χ3n) is 4.91. The predicted molar refractivity (Wildman–Crippen MR) is 115 cm³/mol. The highest BCUT2D eigenvalue weighted by Crippen LogP contribution is 2.33. The first kappa shape index (κ1) is 18.8. The molecule has 29 heavy (non-hydrogen) atoms. The summed E-state index contributed by atoms with van der Waals surface area (Å²) >= 11 is 0. The van der Waals surface area contributed by atoms with Crippen LogP contribution in [0.25, 0.3) is 16.8 Å². The maximum atomic E-state index is 5.43. The van der Waals surface area contributed by atoms with Gasteiger partial charge in [-0.3, -0.25) is 0 Å². The van der Waals surface area contributed by atoms with Gasteiger partial charge in [0.2, 0.25) is 0 Å². The van der Waals surface area contributed by atoms with Gasteiger partial charge < -0.3 is 14.8 Å². The number of benzene rings is 2. The van der Waals surface area contributed by atoms with Crippen molar-refractivity contribution in [3.8, 4) is 22.6 Å². The lowest BCUT2D eigenvalue weighted by Gasteiger charge is -2.10. The van der Waals surface area contributed by atoms with Gasteiger partial charge in [0.15, 0.2) is 17.1 Å². The third-order valence-corrected chi connectivity index (χ3v) is 4.91. The summed E-state index contributed by atoms with van der Waals surface area (Å²) in [5.41, 5.74) is 4.96. The lowest BCUT2D eigenvalue weighted by Crippen LogP contribution is -1.98. The predicted octanol–water partition coefficient (Wildman–Crippen LogP) is 5.28. The zero-order valence-electron chi connectivity index (χ0n) is 17.0. The molecular formula is C23H24N4O2. The highest BCUT2D eigenvalue weighted by Gasteiger charge is 2.12. The Hall–Kier alpha value is -3.54. The van der Waals surface area contributed by atoms with Gasteiger partial charge >= 0.3 is 0 Å². The highest BCUT2D eigenvalue weighted by atomic mass is 16.5. The Balaban J connectivity index is 1.67. The van der Waals surface area contributed by atoms with E-state index in [-0.39, 0.29) is 0 Å². The van der Waals surface area contributed by atoms with E-state index in [0.717, 1.165) is 28.3 Å². The zero-order valence-corrected chi connectivity index (χ0v) is 17.0. The molecule has 0 bridgehead atoms. The molecule has 2 aromatic heterocycles. The van der Waals surface area contributed by atoms with Crippen molar-refractivity contribution >= 4 is 17.2 Å². The van der Waals surface area contributed by atoms with Crippen LogP contribution in [0.2, 0.25) is 0 Å². The number of hydrogen-bond acceptors (Lipinski definition) is 5. The van der Waals surface area contributed by atoms with Crippen LogP contribution < -0.4 is 14.8 Å². The molecule has 0 unspecified atom stereocenters. The van der Waals surface area contributed by atoms with Crippen LogP contribution in [0.5, 0.6) is 11.5 Å². The second-order valence-electron chi connectivity index (χ2n) is 7.11. The van der Waals surface area contributed by atoms with Gasteiger partial charge in [-0.25, -0.2) is 9.50 Å². The van der Waals surface area contributed by atoms with Crippen molar-refractivity contribution in [2.75, 3.05) is 19.5 Å². The summed E-state index contributed by atoms with van der Waals surface area (Å²) in [5, 5.41) is 7.80. The van der Waals surface area contributed by atoms with Gasteiger partial charge in [0.25, 0.3) is 0 Å². The molecule has 0 saturated heterocycles. The molecule has 148 valence electrons. The Morgan fingerprint density at radius 2 is 1.69 bits per heavy atom. The van der Waals surface area contributed by atoms with Gasteiger partial charge in [-0.2, -0.15) is 5.10 Å². The molecule has 0 aliphatic heterocycles. The number of methoxy groups -OCH3 is 2. The average molecular weight is 388 g/mol. The normalized spacial score (nSPS) is 11.1. The maximum absolute atomic E-state index is 5.43. The molecule has 0 saturated carbocycles. The Labute approximate surface area is 170 Å². The van der Waals surface area contributed by atoms with Gasteiger partial charge in [0.05, 0.1) is 20.4 Å². The monoisotopic (exact) mass is 388 g/mol. The number of anilines is 2. The molecule has 6 nitrogen and oxygen atoms in total. The van der Waals surface area contributed by atoms with E-state index in [2.05, 4.69) is 48.5 Å². The molecule has 0 fully saturated rings. The summed E-state index contributed by atoms with van der Waals surface area (Å²) < 4.78 is 12.5. The Bertz CT molecular complexity index is 1130. The second-order valence-corrected chi connectivity index (χ2v) is 7.11. The van der Waals surface area contributed by atoms with Crippen molar-refractivity contribution in [3.05, 3.63) is 66.5 Å². The Morgan fingerprint density at radius 1 is 0.931 bits per heavy atom. The molecule has 2 heterocycles. The van der Waals surface area contributed by atoms with Crippen LogP contribution in [-0.4, -0.2) is 28.8 Å². The van der Waals surface area contributed by atoms with Crippen molar-refractivity contribution in [1.82, 2.24) is 14.6 Å². The zero-order chi connectivity index (χ0) is 20.4. The van der Waals surface area contributed by atoms with Crippen LogP contribution in [0.3, 0.4) is 0 Å². The van der Waals surface area contributed by atoms with Gasteiger partial charge in [0.1, 0.15) is 5.82 Å². The van der Waals surface area contributed by atoms with Crippen LogP contribution in [0.1, 0.15) is 25.3 Å². The Morgan fingerprint density at radius 3 is 2.38 bits per heavy atom. The molecule has 0 aliphatic rings. The van der Waals surface area contributed by atoms with Crippen molar-refractivity contribution in [2.24, 2.45) is 0 Å². The number of hydrogen-bond donors (Lipinski definition) is 1. The summed E-state index contributed by atoms with van der Waals surface area (Å²) in [6.45, 7) is 4.38. The fourth-order valence-electron chi connectivity index (χ4n) is 3.25. The van der Waals surface area contributed by atoms with Gasteiger partial charge in [-0.15, -0.1) is 0 Å². The molecule has 0 amide bonds. The van der Waals surface area contributed by atoms with E-state index in [1.807, 2.05) is 36.7 Å². The molecule has 4 rings (SSSR count). The fourth-order valence-corrected chi connectivity index (χ4v) is 3.25. The molecule has 0 aliphatic carbocycles. The number of ether oxygens (including phenoxy) is 2. The molecule has 2 aromatic carbocycles. The average Bonchev–Trinajstić information content (AvgIpc) is 3.17. The van der Waals surface area contributed by atoms with E-state index in [0.29, 0.717) is 17.4 Å². The van der Waals surface area contributed by atoms with E-state index in [1.54, 1.807) is 18.7 Å². The van der Waals surface area contributed by atoms with E-state index in [1.165, 1.54) is 5.56 Å². The summed E-state index contributed by atoms with van der Waals surface area (Å²) in [4.78, 5) is 4.78. The van der Waals surface area contributed by atoms with E-state index in [4.69, 9.17) is 14.5 Å². The molecule has 0 spiro atoms. The van der Waals surface area contributed by atoms with Gasteiger partial charge in [-0.05, 0) is 47.4 Å². The first-order valence-electron chi connectivity index (χ1n) is 9.53. The van der Waals surface area contributed by atoms with E-state index < -0.39 is 0 Å². The minimum absolute atomic E-state index is 0.509. The van der Waals surface area contributed by atoms with Gasteiger partial charge in [0, 0.05) is 17.4 Å². The smallest absolute Gasteiger partial charge is 0.165 e. The molecule has 4 aromatic rings. The SMILES string of the molecule is COc1ccc(-c2cnn3ccc(Nc4ccc(C(C)C)cc4)nc23)cc1OC. The maximum Gasteiger partial charge on any atom is 0.165 e. The highest BCUT2D eigenvalue weighted by molar-refractivity contribution is 5.79. The molecule has 0 atom stereocenters. The lowest BCUT2D eigenvalue weighted by atomic mass is 10.0. The lowest BCUT2D eigenvalue weighted by molar-refractivity contribution is 0.355. The van der Waals surface area contributed by atoms with Crippen molar-refractivity contribution in [3.63, 3.8) is 0 Å². The molecule has 0 radical (unpaired) electrons. The number of nitrogens with zero attached hydrogens (tertiary/aromatic N) is 3. The molecule has 6 heteroatoms. The second kappa shape index (κ2) is 7.83. The number of fused-ring (bicyclic) bond motifs is 1. The molecule has 1 N–H and O–H groups in total. The van der Waals surface area contributed by atoms with E-state index in [9.17, 15) is 0 Å². The third kappa shape index (κ3) is 3.74. The minimum Gasteiger partial charge on any atom is -0.493 e. The Kier molecular flexibility index (Phi) is 5.08. The first-order valence-corrected chi connectivity index (χ1v) is 9.53. The minimum atomic E-state index is 0.509. The van der Waals surface area contributed by atoms with Crippen LogP contribution in [0, 0.1) is 0 Å². The topological polar surface area (TPSA) is 60.7 Å². The summed E-state index contributed by atoms with van der Waals surface area (Å²) in [7, 11) is 3.25. The summed E-state index contributed by atoms with van der Waals surface area (Å²) in [5.74, 6) is 2.63. The number of nitrogens with one attached hydrogen (secondary N) is 1. The van der Waals surface area contributed by atoms with Crippen LogP contribution >= 0.6 is 0 Å². The van der Waals surface area contributed by atoms with Crippen molar-refractivity contribution < 1.29 is 9.47 Å². The number of rotatable bonds is 6. The van der Waals surface area contributed by atoms with E-state index >= 15 is 0 Å². The summed E-state index contributed by atoms with van der Waals surface area (Å²) in [6.07, 6.45) is 3.71. The fraction of sp³-hybridized carbons (Fsp3) is 0.217. The summed E-state index contributed by atoms with van der Waals surface area (Å²) in [6, 6.07) is 16.1. The van der Waals surface area contributed by atoms with Gasteiger partial charge in [-0.1, -0.05) is 32.0 Å². The van der Waals surface area contributed by atoms with Crippen molar-refractivity contribution in [2.45, 2.75) is 19.8 Å². The standard InChI is InChI=1S/C23H24N4O2/c1-15(2)16-5-8-18(9-6-16)25-22-11-12-27-23(26-22)19(14-24-27)17-7-10-20(28-3)21(13-17)29-4/h5-15H,1-4H3,(H,25,26).